The molecular formula is C15H18Cl2N2O2. The lowest BCUT2D eigenvalue weighted by molar-refractivity contribution is 0.229. The highest BCUT2D eigenvalue weighted by molar-refractivity contribution is 6.42. The first-order chi connectivity index (χ1) is 9.99. The standard InChI is InChI=1S/C15H18Cl2N2O2/c1-9(11-3-5-13(16)14(17)7-11)18-15(21)19-12-4-2-10(6-12)8-20/h2-5,7,9-10,12,20H,6,8H2,1H3,(H2,18,19,21)/t9?,10-,12+/m0/s1. The maximum Gasteiger partial charge on any atom is 0.315 e. The van der Waals surface area contributed by atoms with Crippen LogP contribution in [0.1, 0.15) is 24.9 Å². The summed E-state index contributed by atoms with van der Waals surface area (Å²) < 4.78 is 0. The molecule has 1 aromatic carbocycles. The molecule has 0 spiro atoms. The van der Waals surface area contributed by atoms with Crippen LogP contribution in [0.15, 0.2) is 30.4 Å². The Balaban J connectivity index is 1.87. The molecule has 0 aromatic heterocycles. The fourth-order valence-corrected chi connectivity index (χ4v) is 2.60. The fraction of sp³-hybridized carbons (Fsp3) is 0.400. The Kier molecular flexibility index (Phi) is 5.51. The first-order valence-electron chi connectivity index (χ1n) is 6.80. The van der Waals surface area contributed by atoms with Gasteiger partial charge in [0, 0.05) is 18.6 Å². The summed E-state index contributed by atoms with van der Waals surface area (Å²) >= 11 is 11.8. The van der Waals surface area contributed by atoms with Gasteiger partial charge in [-0.15, -0.1) is 0 Å². The third-order valence-corrected chi connectivity index (χ3v) is 4.25. The fourth-order valence-electron chi connectivity index (χ4n) is 2.29. The van der Waals surface area contributed by atoms with Crippen molar-refractivity contribution >= 4 is 29.2 Å². The molecule has 2 amide bonds. The number of hydrogen-bond donors (Lipinski definition) is 3. The molecule has 0 heterocycles. The zero-order valence-corrected chi connectivity index (χ0v) is 13.2. The van der Waals surface area contributed by atoms with E-state index in [4.69, 9.17) is 28.3 Å². The Bertz CT molecular complexity index is 548. The van der Waals surface area contributed by atoms with Gasteiger partial charge in [0.25, 0.3) is 0 Å². The summed E-state index contributed by atoms with van der Waals surface area (Å²) in [5, 5.41) is 15.7. The average molecular weight is 329 g/mol. The van der Waals surface area contributed by atoms with Gasteiger partial charge in [-0.1, -0.05) is 41.4 Å². The highest BCUT2D eigenvalue weighted by Gasteiger charge is 2.20. The van der Waals surface area contributed by atoms with Crippen LogP contribution in [0.3, 0.4) is 0 Å². The molecule has 1 aliphatic carbocycles. The van der Waals surface area contributed by atoms with E-state index >= 15 is 0 Å². The summed E-state index contributed by atoms with van der Waals surface area (Å²) in [6.07, 6.45) is 4.56. The smallest absolute Gasteiger partial charge is 0.315 e. The van der Waals surface area contributed by atoms with Gasteiger partial charge in [0.15, 0.2) is 0 Å². The van der Waals surface area contributed by atoms with E-state index in [-0.39, 0.29) is 30.6 Å². The third-order valence-electron chi connectivity index (χ3n) is 3.51. The first-order valence-corrected chi connectivity index (χ1v) is 7.56. The highest BCUT2D eigenvalue weighted by Crippen LogP contribution is 2.25. The number of rotatable bonds is 4. The maximum absolute atomic E-state index is 12.0. The number of aliphatic hydroxyl groups excluding tert-OH is 1. The van der Waals surface area contributed by atoms with Crippen LogP contribution in [0.25, 0.3) is 0 Å². The van der Waals surface area contributed by atoms with E-state index in [9.17, 15) is 4.79 Å². The zero-order chi connectivity index (χ0) is 15.4. The second kappa shape index (κ2) is 7.16. The van der Waals surface area contributed by atoms with Crippen molar-refractivity contribution in [1.82, 2.24) is 10.6 Å². The maximum atomic E-state index is 12.0. The second-order valence-electron chi connectivity index (χ2n) is 5.18. The Morgan fingerprint density at radius 1 is 1.38 bits per heavy atom. The number of aliphatic hydroxyl groups is 1. The number of nitrogens with one attached hydrogen (secondary N) is 2. The molecule has 6 heteroatoms. The molecule has 1 aromatic rings. The summed E-state index contributed by atoms with van der Waals surface area (Å²) in [4.78, 5) is 12.0. The van der Waals surface area contributed by atoms with Crippen molar-refractivity contribution in [3.05, 3.63) is 46.0 Å². The second-order valence-corrected chi connectivity index (χ2v) is 6.00. The van der Waals surface area contributed by atoms with E-state index in [0.717, 1.165) is 12.0 Å². The Labute approximate surface area is 134 Å². The topological polar surface area (TPSA) is 61.4 Å². The molecule has 1 unspecified atom stereocenters. The molecule has 114 valence electrons. The van der Waals surface area contributed by atoms with E-state index in [0.29, 0.717) is 10.0 Å². The van der Waals surface area contributed by atoms with Gasteiger partial charge in [0.05, 0.1) is 16.1 Å². The van der Waals surface area contributed by atoms with Crippen molar-refractivity contribution < 1.29 is 9.90 Å². The monoisotopic (exact) mass is 328 g/mol. The summed E-state index contributed by atoms with van der Waals surface area (Å²) in [5.41, 5.74) is 0.884. The van der Waals surface area contributed by atoms with Crippen molar-refractivity contribution in [2.45, 2.75) is 25.4 Å². The van der Waals surface area contributed by atoms with Crippen molar-refractivity contribution in [1.29, 1.82) is 0 Å². The molecule has 3 atom stereocenters. The van der Waals surface area contributed by atoms with E-state index < -0.39 is 0 Å². The lowest BCUT2D eigenvalue weighted by atomic mass is 10.1. The molecule has 0 fully saturated rings. The molecule has 3 N–H and O–H groups in total. The molecule has 2 rings (SSSR count). The molecule has 0 aliphatic heterocycles. The number of urea groups is 1. The minimum atomic E-state index is -0.248. The summed E-state index contributed by atoms with van der Waals surface area (Å²) in [7, 11) is 0. The molecule has 1 aliphatic rings. The summed E-state index contributed by atoms with van der Waals surface area (Å²) in [6, 6.07) is 4.81. The number of halogens is 2. The van der Waals surface area contributed by atoms with Crippen molar-refractivity contribution in [2.75, 3.05) is 6.61 Å². The Hall–Kier alpha value is -1.23. The Morgan fingerprint density at radius 3 is 2.76 bits per heavy atom. The first kappa shape index (κ1) is 16.1. The molecule has 21 heavy (non-hydrogen) atoms. The van der Waals surface area contributed by atoms with Crippen LogP contribution in [0, 0.1) is 5.92 Å². The highest BCUT2D eigenvalue weighted by atomic mass is 35.5. The van der Waals surface area contributed by atoms with E-state index in [1.54, 1.807) is 12.1 Å². The van der Waals surface area contributed by atoms with Crippen LogP contribution in [-0.2, 0) is 0 Å². The lowest BCUT2D eigenvalue weighted by Crippen LogP contribution is -2.41. The molecule has 0 bridgehead atoms. The molecule has 0 radical (unpaired) electrons. The SMILES string of the molecule is CC(NC(=O)N[C@@H]1C=C[C@H](CO)C1)c1ccc(Cl)c(Cl)c1. The van der Waals surface area contributed by atoms with Crippen molar-refractivity contribution in [2.24, 2.45) is 5.92 Å². The minimum absolute atomic E-state index is 0.0387. The van der Waals surface area contributed by atoms with Gasteiger partial charge in [-0.3, -0.25) is 0 Å². The van der Waals surface area contributed by atoms with Gasteiger partial charge in [0.1, 0.15) is 0 Å². The summed E-state index contributed by atoms with van der Waals surface area (Å²) in [5.74, 6) is 0.128. The van der Waals surface area contributed by atoms with E-state index in [1.165, 1.54) is 0 Å². The Morgan fingerprint density at radius 2 is 2.14 bits per heavy atom. The van der Waals surface area contributed by atoms with Crippen LogP contribution in [0.4, 0.5) is 4.79 Å². The number of amides is 2. The van der Waals surface area contributed by atoms with Crippen LogP contribution >= 0.6 is 23.2 Å². The van der Waals surface area contributed by atoms with Crippen LogP contribution < -0.4 is 10.6 Å². The predicted octanol–water partition coefficient (Wildman–Crippen LogP) is 3.29. The number of hydrogen-bond acceptors (Lipinski definition) is 2. The largest absolute Gasteiger partial charge is 0.396 e. The quantitative estimate of drug-likeness (QED) is 0.742. The molecule has 4 nitrogen and oxygen atoms in total. The van der Waals surface area contributed by atoms with Gasteiger partial charge in [-0.2, -0.15) is 0 Å². The molecular weight excluding hydrogens is 311 g/mol. The molecule has 0 saturated carbocycles. The average Bonchev–Trinajstić information content (AvgIpc) is 2.89. The van der Waals surface area contributed by atoms with Gasteiger partial charge in [0.2, 0.25) is 0 Å². The van der Waals surface area contributed by atoms with Gasteiger partial charge in [-0.05, 0) is 31.0 Å². The zero-order valence-electron chi connectivity index (χ0n) is 11.6. The lowest BCUT2D eigenvalue weighted by Gasteiger charge is -2.18. The number of carbonyl (C=O) groups excluding carboxylic acids is 1. The van der Waals surface area contributed by atoms with Crippen LogP contribution in [-0.4, -0.2) is 23.8 Å². The number of carbonyl (C=O) groups is 1. The molecule has 0 saturated heterocycles. The predicted molar refractivity (Wildman–Crippen MR) is 84.7 cm³/mol. The van der Waals surface area contributed by atoms with Crippen molar-refractivity contribution in [3.8, 4) is 0 Å². The summed E-state index contributed by atoms with van der Waals surface area (Å²) in [6.45, 7) is 1.98. The van der Waals surface area contributed by atoms with E-state index in [2.05, 4.69) is 10.6 Å². The normalized spacial score (nSPS) is 22.1. The van der Waals surface area contributed by atoms with Gasteiger partial charge >= 0.3 is 6.03 Å². The minimum Gasteiger partial charge on any atom is -0.396 e. The number of benzene rings is 1. The van der Waals surface area contributed by atoms with Gasteiger partial charge < -0.3 is 15.7 Å². The van der Waals surface area contributed by atoms with Crippen molar-refractivity contribution in [3.63, 3.8) is 0 Å². The third kappa shape index (κ3) is 4.37. The van der Waals surface area contributed by atoms with E-state index in [1.807, 2.05) is 25.1 Å². The van der Waals surface area contributed by atoms with Gasteiger partial charge in [-0.25, -0.2) is 4.79 Å². The van der Waals surface area contributed by atoms with Crippen LogP contribution in [0.5, 0.6) is 0 Å². The van der Waals surface area contributed by atoms with Crippen LogP contribution in [0.2, 0.25) is 10.0 Å².